The molecule has 3 N–H and O–H groups in total. The van der Waals surface area contributed by atoms with Crippen LogP contribution in [0.2, 0.25) is 0 Å². The molecule has 1 aromatic heterocycles. The average Bonchev–Trinajstić information content (AvgIpc) is 3.15. The van der Waals surface area contributed by atoms with Gasteiger partial charge in [0.2, 0.25) is 0 Å². The van der Waals surface area contributed by atoms with Gasteiger partial charge in [-0.25, -0.2) is 4.99 Å². The van der Waals surface area contributed by atoms with Crippen molar-refractivity contribution in [3.63, 3.8) is 0 Å². The smallest absolute Gasteiger partial charge is 0.191 e. The first-order chi connectivity index (χ1) is 12.2. The van der Waals surface area contributed by atoms with Crippen LogP contribution < -0.4 is 15.5 Å². The van der Waals surface area contributed by atoms with E-state index in [1.807, 2.05) is 23.5 Å². The summed E-state index contributed by atoms with van der Waals surface area (Å²) in [5.41, 5.74) is 1.00. The number of guanidine groups is 1. The molecule has 25 heavy (non-hydrogen) atoms. The van der Waals surface area contributed by atoms with E-state index < -0.39 is 0 Å². The van der Waals surface area contributed by atoms with Crippen LogP contribution in [-0.2, 0) is 6.54 Å². The molecule has 0 radical (unpaired) electrons. The molecular weight excluding hydrogens is 332 g/mol. The highest BCUT2D eigenvalue weighted by atomic mass is 32.1. The normalized spacial score (nSPS) is 16.0. The summed E-state index contributed by atoms with van der Waals surface area (Å²) in [6.45, 7) is 5.61. The van der Waals surface area contributed by atoms with Gasteiger partial charge in [0.05, 0.1) is 11.5 Å². The zero-order chi connectivity index (χ0) is 17.5. The van der Waals surface area contributed by atoms with Gasteiger partial charge >= 0.3 is 0 Å². The molecule has 2 aromatic rings. The second kappa shape index (κ2) is 8.76. The predicted molar refractivity (Wildman–Crippen MR) is 106 cm³/mol. The van der Waals surface area contributed by atoms with Crippen molar-refractivity contribution in [2.45, 2.75) is 32.4 Å². The van der Waals surface area contributed by atoms with E-state index in [2.05, 4.69) is 45.0 Å². The number of anilines is 1. The lowest BCUT2D eigenvalue weighted by Gasteiger charge is -2.33. The molecule has 0 unspecified atom stereocenters. The Hall–Kier alpha value is -2.21. The summed E-state index contributed by atoms with van der Waals surface area (Å²) in [5.74, 6) is 1.13. The van der Waals surface area contributed by atoms with Crippen molar-refractivity contribution in [2.75, 3.05) is 24.5 Å². The van der Waals surface area contributed by atoms with Gasteiger partial charge in [-0.1, -0.05) is 12.1 Å². The second-order valence-corrected chi connectivity index (χ2v) is 7.15. The first-order valence-electron chi connectivity index (χ1n) is 8.86. The molecule has 1 aromatic carbocycles. The van der Waals surface area contributed by atoms with Crippen LogP contribution in [0.5, 0.6) is 5.75 Å². The summed E-state index contributed by atoms with van der Waals surface area (Å²) in [5, 5.41) is 19.9. The Morgan fingerprint density at radius 1 is 1.28 bits per heavy atom. The molecule has 5 nitrogen and oxygen atoms in total. The minimum Gasteiger partial charge on any atom is -0.508 e. The minimum absolute atomic E-state index is 0.284. The van der Waals surface area contributed by atoms with Crippen LogP contribution in [-0.4, -0.2) is 36.7 Å². The first kappa shape index (κ1) is 17.6. The number of nitrogens with one attached hydrogen (secondary N) is 2. The highest BCUT2D eigenvalue weighted by Gasteiger charge is 2.20. The van der Waals surface area contributed by atoms with Gasteiger partial charge < -0.3 is 20.6 Å². The van der Waals surface area contributed by atoms with Gasteiger partial charge in [0.15, 0.2) is 5.96 Å². The molecule has 3 rings (SSSR count). The molecule has 0 spiro atoms. The zero-order valence-electron chi connectivity index (χ0n) is 14.6. The van der Waals surface area contributed by atoms with Crippen molar-refractivity contribution in [3.8, 4) is 5.75 Å². The number of nitrogens with zero attached hydrogens (tertiary/aromatic N) is 2. The van der Waals surface area contributed by atoms with Crippen LogP contribution in [0.1, 0.15) is 25.3 Å². The number of aliphatic imine (C=N–C) groups is 1. The van der Waals surface area contributed by atoms with E-state index in [4.69, 9.17) is 0 Å². The fourth-order valence-electron chi connectivity index (χ4n) is 3.03. The SMILES string of the molecule is CCNC(=NCc1cccc(O)c1)NC1CCN(c2cccs2)CC1. The Bertz CT molecular complexity index is 678. The number of piperidine rings is 1. The van der Waals surface area contributed by atoms with Crippen LogP contribution in [0.25, 0.3) is 0 Å². The number of benzene rings is 1. The topological polar surface area (TPSA) is 59.9 Å². The third-order valence-corrected chi connectivity index (χ3v) is 5.26. The monoisotopic (exact) mass is 358 g/mol. The lowest BCUT2D eigenvalue weighted by atomic mass is 10.1. The maximum atomic E-state index is 9.56. The Balaban J connectivity index is 1.54. The summed E-state index contributed by atoms with van der Waals surface area (Å²) in [7, 11) is 0. The number of phenols is 1. The molecule has 134 valence electrons. The van der Waals surface area contributed by atoms with E-state index in [1.165, 1.54) is 5.00 Å². The summed E-state index contributed by atoms with van der Waals surface area (Å²) in [4.78, 5) is 7.12. The van der Waals surface area contributed by atoms with Gasteiger partial charge in [-0.05, 0) is 55.0 Å². The van der Waals surface area contributed by atoms with Gasteiger partial charge in [-0.3, -0.25) is 0 Å². The summed E-state index contributed by atoms with van der Waals surface area (Å²) < 4.78 is 0. The standard InChI is InChI=1S/C19H26N4OS/c1-2-20-19(21-14-15-5-3-6-17(24)13-15)22-16-8-10-23(11-9-16)18-7-4-12-25-18/h3-7,12-13,16,24H,2,8-11,14H2,1H3,(H2,20,21,22). The zero-order valence-corrected chi connectivity index (χ0v) is 15.4. The van der Waals surface area contributed by atoms with Gasteiger partial charge in [-0.15, -0.1) is 11.3 Å². The molecule has 0 saturated carbocycles. The van der Waals surface area contributed by atoms with Gasteiger partial charge in [0.25, 0.3) is 0 Å². The minimum atomic E-state index is 0.284. The lowest BCUT2D eigenvalue weighted by Crippen LogP contribution is -2.48. The van der Waals surface area contributed by atoms with Crippen molar-refractivity contribution >= 4 is 22.3 Å². The van der Waals surface area contributed by atoms with E-state index in [0.717, 1.165) is 44.0 Å². The number of hydrogen-bond donors (Lipinski definition) is 3. The third kappa shape index (κ3) is 5.13. The number of aromatic hydroxyl groups is 1. The number of hydrogen-bond acceptors (Lipinski definition) is 4. The van der Waals surface area contributed by atoms with Gasteiger partial charge in [0.1, 0.15) is 5.75 Å². The Labute approximate surface area is 153 Å². The number of rotatable bonds is 5. The molecule has 2 heterocycles. The molecule has 0 aliphatic carbocycles. The summed E-state index contributed by atoms with van der Waals surface area (Å²) in [6.07, 6.45) is 2.21. The van der Waals surface area contributed by atoms with Crippen LogP contribution in [0.15, 0.2) is 46.8 Å². The lowest BCUT2D eigenvalue weighted by molar-refractivity contribution is 0.462. The van der Waals surface area contributed by atoms with Crippen molar-refractivity contribution in [3.05, 3.63) is 47.3 Å². The van der Waals surface area contributed by atoms with Crippen LogP contribution in [0, 0.1) is 0 Å². The molecular formula is C19H26N4OS. The molecule has 1 fully saturated rings. The van der Waals surface area contributed by atoms with Gasteiger partial charge in [-0.2, -0.15) is 0 Å². The van der Waals surface area contributed by atoms with E-state index in [1.54, 1.807) is 12.1 Å². The molecule has 6 heteroatoms. The maximum Gasteiger partial charge on any atom is 0.191 e. The average molecular weight is 359 g/mol. The van der Waals surface area contributed by atoms with Crippen LogP contribution in [0.3, 0.4) is 0 Å². The fourth-order valence-corrected chi connectivity index (χ4v) is 3.82. The first-order valence-corrected chi connectivity index (χ1v) is 9.74. The highest BCUT2D eigenvalue weighted by Crippen LogP contribution is 2.24. The fraction of sp³-hybridized carbons (Fsp3) is 0.421. The quantitative estimate of drug-likeness (QED) is 0.567. The van der Waals surface area contributed by atoms with E-state index >= 15 is 0 Å². The number of thiophene rings is 1. The van der Waals surface area contributed by atoms with Crippen molar-refractivity contribution in [1.82, 2.24) is 10.6 Å². The Morgan fingerprint density at radius 3 is 2.80 bits per heavy atom. The Morgan fingerprint density at radius 2 is 2.12 bits per heavy atom. The highest BCUT2D eigenvalue weighted by molar-refractivity contribution is 7.14. The molecule has 1 aliphatic rings. The van der Waals surface area contributed by atoms with E-state index in [-0.39, 0.29) is 5.75 Å². The van der Waals surface area contributed by atoms with Crippen molar-refractivity contribution in [2.24, 2.45) is 4.99 Å². The number of phenolic OH excluding ortho intramolecular Hbond substituents is 1. The molecule has 1 aliphatic heterocycles. The van der Waals surface area contributed by atoms with E-state index in [9.17, 15) is 5.11 Å². The van der Waals surface area contributed by atoms with Crippen molar-refractivity contribution in [1.29, 1.82) is 0 Å². The van der Waals surface area contributed by atoms with E-state index in [0.29, 0.717) is 12.6 Å². The second-order valence-electron chi connectivity index (χ2n) is 6.22. The molecule has 0 amide bonds. The largest absolute Gasteiger partial charge is 0.508 e. The van der Waals surface area contributed by atoms with Crippen LogP contribution in [0.4, 0.5) is 5.00 Å². The van der Waals surface area contributed by atoms with Gasteiger partial charge in [0, 0.05) is 25.7 Å². The summed E-state index contributed by atoms with van der Waals surface area (Å²) >= 11 is 1.81. The Kier molecular flexibility index (Phi) is 6.17. The summed E-state index contributed by atoms with van der Waals surface area (Å²) in [6, 6.07) is 12.0. The third-order valence-electron chi connectivity index (χ3n) is 4.33. The predicted octanol–water partition coefficient (Wildman–Crippen LogP) is 3.18. The molecule has 0 atom stereocenters. The maximum absolute atomic E-state index is 9.56. The molecule has 1 saturated heterocycles. The van der Waals surface area contributed by atoms with Crippen LogP contribution >= 0.6 is 11.3 Å². The molecule has 0 bridgehead atoms. The van der Waals surface area contributed by atoms with Crippen molar-refractivity contribution < 1.29 is 5.11 Å².